The Hall–Kier alpha value is -3.99. The van der Waals surface area contributed by atoms with Gasteiger partial charge < -0.3 is 23.4 Å². The van der Waals surface area contributed by atoms with E-state index in [1.165, 1.54) is 13.8 Å². The van der Waals surface area contributed by atoms with Gasteiger partial charge in [0.05, 0.1) is 13.2 Å². The summed E-state index contributed by atoms with van der Waals surface area (Å²) in [5, 5.41) is 5.56. The smallest absolute Gasteiger partial charge is 0.305 e. The van der Waals surface area contributed by atoms with Crippen molar-refractivity contribution in [1.29, 1.82) is 0 Å². The second kappa shape index (κ2) is 14.9. The Balaban J connectivity index is 1.86. The fourth-order valence-corrected chi connectivity index (χ4v) is 10.7. The minimum atomic E-state index is -3.09. The van der Waals surface area contributed by atoms with E-state index in [2.05, 4.69) is 55.1 Å². The highest BCUT2D eigenvalue weighted by Gasteiger charge is 2.61. The molecule has 0 radical (unpaired) electrons. The lowest BCUT2D eigenvalue weighted by atomic mass is 9.92. The predicted octanol–water partition coefficient (Wildman–Crippen LogP) is 5.44. The Labute approximate surface area is 265 Å². The molecule has 3 aromatic carbocycles. The zero-order chi connectivity index (χ0) is 32.5. The van der Waals surface area contributed by atoms with Crippen molar-refractivity contribution in [2.24, 2.45) is 5.11 Å². The van der Waals surface area contributed by atoms with E-state index >= 15 is 0 Å². The summed E-state index contributed by atoms with van der Waals surface area (Å²) in [5.41, 5.74) is 8.71. The lowest BCUT2D eigenvalue weighted by Crippen LogP contribution is -2.68. The van der Waals surface area contributed by atoms with E-state index in [0.717, 1.165) is 15.9 Å². The van der Waals surface area contributed by atoms with Crippen LogP contribution in [0.25, 0.3) is 10.4 Å². The number of benzene rings is 3. The normalized spacial score (nSPS) is 21.5. The molecule has 0 amide bonds. The molecule has 4 rings (SSSR count). The molecule has 1 saturated heterocycles. The highest BCUT2D eigenvalue weighted by atomic mass is 28.4. The fourth-order valence-electron chi connectivity index (χ4n) is 6.04. The van der Waals surface area contributed by atoms with E-state index in [1.807, 2.05) is 66.7 Å². The number of ether oxygens (including phenoxy) is 4. The van der Waals surface area contributed by atoms with E-state index in [1.54, 1.807) is 0 Å². The number of esters is 2. The molecular formula is C34H41N3O7Si. The van der Waals surface area contributed by atoms with Crippen molar-refractivity contribution in [3.63, 3.8) is 0 Å². The van der Waals surface area contributed by atoms with Gasteiger partial charge in [0.2, 0.25) is 6.29 Å². The molecule has 0 spiro atoms. The summed E-state index contributed by atoms with van der Waals surface area (Å²) in [4.78, 5) is 27.6. The molecule has 1 fully saturated rings. The first-order valence-corrected chi connectivity index (χ1v) is 16.9. The summed E-state index contributed by atoms with van der Waals surface area (Å²) in [6, 6.07) is 29.8. The number of carbonyl (C=O) groups is 2. The Morgan fingerprint density at radius 2 is 1.42 bits per heavy atom. The third kappa shape index (κ3) is 7.81. The van der Waals surface area contributed by atoms with Crippen molar-refractivity contribution in [2.75, 3.05) is 13.2 Å². The molecule has 3 aromatic rings. The largest absolute Gasteiger partial charge is 0.453 e. The summed E-state index contributed by atoms with van der Waals surface area (Å²) in [6.45, 7) is 9.17. The Kier molecular flexibility index (Phi) is 11.2. The third-order valence-corrected chi connectivity index (χ3v) is 12.9. The molecule has 1 heterocycles. The van der Waals surface area contributed by atoms with Crippen molar-refractivity contribution in [2.45, 2.75) is 76.8 Å². The van der Waals surface area contributed by atoms with E-state index in [9.17, 15) is 15.1 Å². The van der Waals surface area contributed by atoms with Crippen LogP contribution < -0.4 is 10.4 Å². The summed E-state index contributed by atoms with van der Waals surface area (Å²) in [7, 11) is -3.09. The van der Waals surface area contributed by atoms with Gasteiger partial charge in [-0.25, -0.2) is 0 Å². The van der Waals surface area contributed by atoms with Crippen molar-refractivity contribution in [3.8, 4) is 0 Å². The highest BCUT2D eigenvalue weighted by molar-refractivity contribution is 6.99. The molecule has 238 valence electrons. The van der Waals surface area contributed by atoms with E-state index in [0.29, 0.717) is 0 Å². The van der Waals surface area contributed by atoms with Gasteiger partial charge in [-0.2, -0.15) is 0 Å². The van der Waals surface area contributed by atoms with Gasteiger partial charge in [0, 0.05) is 25.3 Å². The Morgan fingerprint density at radius 3 is 1.91 bits per heavy atom. The Bertz CT molecular complexity index is 1420. The van der Waals surface area contributed by atoms with Crippen LogP contribution in [0.2, 0.25) is 5.04 Å². The summed E-state index contributed by atoms with van der Waals surface area (Å²) in [6.07, 6.45) is -3.19. The van der Waals surface area contributed by atoms with Gasteiger partial charge >= 0.3 is 11.9 Å². The van der Waals surface area contributed by atoms with Gasteiger partial charge in [0.25, 0.3) is 8.32 Å². The molecule has 1 aliphatic heterocycles. The van der Waals surface area contributed by atoms with E-state index in [4.69, 9.17) is 23.4 Å². The molecule has 0 aliphatic carbocycles. The number of rotatable bonds is 13. The van der Waals surface area contributed by atoms with Crippen LogP contribution in [0.1, 0.15) is 46.6 Å². The maximum Gasteiger partial charge on any atom is 0.305 e. The second-order valence-electron chi connectivity index (χ2n) is 12.1. The van der Waals surface area contributed by atoms with Crippen LogP contribution in [0.3, 0.4) is 0 Å². The lowest BCUT2D eigenvalue weighted by molar-refractivity contribution is -0.208. The first-order valence-electron chi connectivity index (χ1n) is 15.0. The van der Waals surface area contributed by atoms with Gasteiger partial charge in [-0.15, -0.1) is 0 Å². The first-order chi connectivity index (χ1) is 21.5. The fraction of sp³-hybridized carbons (Fsp3) is 0.412. The molecule has 10 nitrogen and oxygen atoms in total. The van der Waals surface area contributed by atoms with E-state index < -0.39 is 44.4 Å². The highest BCUT2D eigenvalue weighted by Crippen LogP contribution is 2.43. The van der Waals surface area contributed by atoms with Crippen LogP contribution in [-0.4, -0.2) is 57.5 Å². The lowest BCUT2D eigenvalue weighted by Gasteiger charge is -2.45. The minimum Gasteiger partial charge on any atom is -0.453 e. The van der Waals surface area contributed by atoms with Crippen molar-refractivity contribution in [3.05, 3.63) is 107 Å². The maximum atomic E-state index is 12.4. The summed E-state index contributed by atoms with van der Waals surface area (Å²) >= 11 is 0. The SMILES string of the molecule is CC(=O)O[C@H]1O[C@](CCN=[N+]=[N-])(CO[Si](c2ccccc2)(c2ccccc2)C(C)(C)C)[C@@H](OCc2ccccc2)[C@H]1OC(C)=O. The third-order valence-electron chi connectivity index (χ3n) is 7.94. The molecule has 4 atom stereocenters. The van der Waals surface area contributed by atoms with Crippen LogP contribution in [0.4, 0.5) is 0 Å². The molecule has 11 heteroatoms. The topological polar surface area (TPSA) is 129 Å². The van der Waals surface area contributed by atoms with Gasteiger partial charge in [0.1, 0.15) is 11.7 Å². The van der Waals surface area contributed by atoms with Crippen LogP contribution >= 0.6 is 0 Å². The molecule has 0 unspecified atom stereocenters. The zero-order valence-electron chi connectivity index (χ0n) is 26.4. The molecule has 0 bridgehead atoms. The average molecular weight is 632 g/mol. The van der Waals surface area contributed by atoms with Crippen LogP contribution in [0.5, 0.6) is 0 Å². The molecule has 1 aliphatic rings. The minimum absolute atomic E-state index is 0.0315. The number of azide groups is 1. The predicted molar refractivity (Wildman–Crippen MR) is 172 cm³/mol. The first kappa shape index (κ1) is 33.9. The van der Waals surface area contributed by atoms with Gasteiger partial charge in [-0.3, -0.25) is 9.59 Å². The number of hydrogen-bond donors (Lipinski definition) is 0. The number of carbonyl (C=O) groups excluding carboxylic acids is 2. The van der Waals surface area contributed by atoms with Gasteiger partial charge in [0.15, 0.2) is 6.10 Å². The number of nitrogens with zero attached hydrogens (tertiary/aromatic N) is 3. The molecular weight excluding hydrogens is 590 g/mol. The van der Waals surface area contributed by atoms with Gasteiger partial charge in [-0.1, -0.05) is 117 Å². The van der Waals surface area contributed by atoms with Crippen LogP contribution in [0.15, 0.2) is 96.1 Å². The van der Waals surface area contributed by atoms with Crippen molar-refractivity contribution < 1.29 is 33.0 Å². The molecule has 0 saturated carbocycles. The van der Waals surface area contributed by atoms with Crippen molar-refractivity contribution >= 4 is 30.6 Å². The zero-order valence-corrected chi connectivity index (χ0v) is 27.4. The average Bonchev–Trinajstić information content (AvgIpc) is 3.27. The standard InChI is InChI=1S/C34H41N3O7Si/c1-25(38)42-30-31(40-23-27-15-9-6-10-16-27)34(21-22-36-37-35,44-32(30)43-26(2)39)24-41-45(33(3,4)5,28-17-11-7-12-18-28)29-19-13-8-14-20-29/h6-20,30-32H,21-24H2,1-5H3/t30-,31+,32+,34-/m1/s1. The summed E-state index contributed by atoms with van der Waals surface area (Å²) < 4.78 is 31.7. The second-order valence-corrected chi connectivity index (χ2v) is 16.4. The maximum absolute atomic E-state index is 12.4. The van der Waals surface area contributed by atoms with Crippen molar-refractivity contribution in [1.82, 2.24) is 0 Å². The Morgan fingerprint density at radius 1 is 0.889 bits per heavy atom. The quantitative estimate of drug-likeness (QED) is 0.0808. The van der Waals surface area contributed by atoms with Crippen LogP contribution in [0, 0.1) is 0 Å². The molecule has 45 heavy (non-hydrogen) atoms. The van der Waals surface area contributed by atoms with E-state index in [-0.39, 0.29) is 31.2 Å². The van der Waals surface area contributed by atoms with Gasteiger partial charge in [-0.05, 0) is 32.9 Å². The van der Waals surface area contributed by atoms with Crippen LogP contribution in [-0.2, 0) is 39.6 Å². The number of hydrogen-bond acceptors (Lipinski definition) is 8. The molecule has 0 aromatic heterocycles. The monoisotopic (exact) mass is 631 g/mol. The summed E-state index contributed by atoms with van der Waals surface area (Å²) in [5.74, 6) is -1.20. The molecule has 0 N–H and O–H groups in total.